The van der Waals surface area contributed by atoms with Crippen molar-refractivity contribution in [1.82, 2.24) is 24.6 Å². The molecule has 2 aromatic heterocycles. The maximum atomic E-state index is 12.1. The van der Waals surface area contributed by atoms with Gasteiger partial charge in [-0.2, -0.15) is 10.4 Å². The molecular weight excluding hydrogens is 330 g/mol. The van der Waals surface area contributed by atoms with E-state index in [1.807, 2.05) is 18.2 Å². The molecule has 1 aromatic carbocycles. The summed E-state index contributed by atoms with van der Waals surface area (Å²) in [5.74, 6) is 0.637. The Morgan fingerprint density at radius 1 is 1.35 bits per heavy atom. The Bertz CT molecular complexity index is 971. The maximum absolute atomic E-state index is 12.1. The van der Waals surface area contributed by atoms with Gasteiger partial charge in [0.2, 0.25) is 0 Å². The lowest BCUT2D eigenvalue weighted by Gasteiger charge is -2.12. The number of hydrogen-bond acceptors (Lipinski definition) is 6. The number of nitrogens with zero attached hydrogens (tertiary/aromatic N) is 6. The third kappa shape index (κ3) is 3.62. The second kappa shape index (κ2) is 7.61. The van der Waals surface area contributed by atoms with Gasteiger partial charge >= 0.3 is 0 Å². The molecular formula is C18H19N7O. The van der Waals surface area contributed by atoms with Gasteiger partial charge in [-0.1, -0.05) is 12.1 Å². The minimum Gasteiger partial charge on any atom is -0.365 e. The third-order valence-corrected chi connectivity index (χ3v) is 3.91. The van der Waals surface area contributed by atoms with Crippen molar-refractivity contribution in [3.05, 3.63) is 47.9 Å². The highest BCUT2D eigenvalue weighted by Crippen LogP contribution is 2.19. The monoisotopic (exact) mass is 349 g/mol. The van der Waals surface area contributed by atoms with Crippen LogP contribution in [0.4, 0.5) is 5.82 Å². The van der Waals surface area contributed by atoms with Gasteiger partial charge in [-0.05, 0) is 17.7 Å². The summed E-state index contributed by atoms with van der Waals surface area (Å²) in [5, 5.41) is 17.1. The highest BCUT2D eigenvalue weighted by atomic mass is 16.2. The second-order valence-electron chi connectivity index (χ2n) is 5.99. The average Bonchev–Trinajstić information content (AvgIpc) is 3.08. The molecule has 3 aromatic rings. The van der Waals surface area contributed by atoms with E-state index in [1.165, 1.54) is 6.33 Å². The summed E-state index contributed by atoms with van der Waals surface area (Å²) in [4.78, 5) is 22.2. The summed E-state index contributed by atoms with van der Waals surface area (Å²) in [6, 6.07) is 9.58. The molecule has 0 saturated carbocycles. The van der Waals surface area contributed by atoms with Gasteiger partial charge in [0.05, 0.1) is 30.6 Å². The average molecular weight is 349 g/mol. The molecule has 0 spiro atoms. The quantitative estimate of drug-likeness (QED) is 0.731. The number of rotatable bonds is 6. The zero-order valence-corrected chi connectivity index (χ0v) is 14.7. The molecule has 3 rings (SSSR count). The first-order valence-electron chi connectivity index (χ1n) is 8.18. The molecule has 0 unspecified atom stereocenters. The Morgan fingerprint density at radius 2 is 2.19 bits per heavy atom. The number of nitriles is 1. The van der Waals surface area contributed by atoms with E-state index in [0.29, 0.717) is 36.5 Å². The number of aryl methyl sites for hydroxylation is 1. The van der Waals surface area contributed by atoms with Crippen molar-refractivity contribution in [3.63, 3.8) is 0 Å². The molecule has 0 atom stereocenters. The van der Waals surface area contributed by atoms with Crippen LogP contribution in [0, 0.1) is 11.3 Å². The summed E-state index contributed by atoms with van der Waals surface area (Å²) < 4.78 is 1.70. The summed E-state index contributed by atoms with van der Waals surface area (Å²) >= 11 is 0. The van der Waals surface area contributed by atoms with Gasteiger partial charge in [0, 0.05) is 26.2 Å². The van der Waals surface area contributed by atoms with Crippen LogP contribution in [-0.2, 0) is 13.1 Å². The molecule has 0 aliphatic carbocycles. The van der Waals surface area contributed by atoms with E-state index in [4.69, 9.17) is 5.26 Å². The van der Waals surface area contributed by atoms with Crippen LogP contribution in [0.1, 0.15) is 22.3 Å². The normalized spacial score (nSPS) is 10.5. The van der Waals surface area contributed by atoms with Crippen molar-refractivity contribution < 1.29 is 4.79 Å². The van der Waals surface area contributed by atoms with Crippen LogP contribution >= 0.6 is 0 Å². The van der Waals surface area contributed by atoms with Crippen LogP contribution in [0.15, 0.2) is 36.8 Å². The molecule has 0 aliphatic rings. The van der Waals surface area contributed by atoms with E-state index in [-0.39, 0.29) is 5.91 Å². The van der Waals surface area contributed by atoms with E-state index >= 15 is 0 Å². The predicted octanol–water partition coefficient (Wildman–Crippen LogP) is 2.05. The van der Waals surface area contributed by atoms with Gasteiger partial charge < -0.3 is 10.2 Å². The highest BCUT2D eigenvalue weighted by molar-refractivity contribution is 5.94. The first-order valence-corrected chi connectivity index (χ1v) is 8.18. The Morgan fingerprint density at radius 3 is 2.96 bits per heavy atom. The third-order valence-electron chi connectivity index (χ3n) is 3.91. The Balaban J connectivity index is 1.78. The molecule has 8 heteroatoms. The highest BCUT2D eigenvalue weighted by Gasteiger charge is 2.11. The Labute approximate surface area is 151 Å². The molecule has 0 fully saturated rings. The first kappa shape index (κ1) is 17.4. The van der Waals surface area contributed by atoms with Crippen molar-refractivity contribution in [1.29, 1.82) is 5.26 Å². The van der Waals surface area contributed by atoms with E-state index in [2.05, 4.69) is 26.5 Å². The minimum absolute atomic E-state index is 0.0324. The van der Waals surface area contributed by atoms with Crippen molar-refractivity contribution in [2.45, 2.75) is 19.5 Å². The van der Waals surface area contributed by atoms with Crippen LogP contribution in [0.2, 0.25) is 0 Å². The molecule has 8 nitrogen and oxygen atoms in total. The number of nitrogens with one attached hydrogen (secondary N) is 1. The van der Waals surface area contributed by atoms with Gasteiger partial charge in [-0.25, -0.2) is 14.6 Å². The summed E-state index contributed by atoms with van der Waals surface area (Å²) in [6.07, 6.45) is 3.54. The number of amides is 1. The summed E-state index contributed by atoms with van der Waals surface area (Å²) in [5.41, 5.74) is 2.31. The number of fused-ring (bicyclic) bond motifs is 1. The molecule has 132 valence electrons. The number of anilines is 1. The number of carbonyl (C=O) groups excluding carboxylic acids is 1. The lowest BCUT2D eigenvalue weighted by atomic mass is 10.1. The van der Waals surface area contributed by atoms with Crippen LogP contribution in [0.3, 0.4) is 0 Å². The van der Waals surface area contributed by atoms with Crippen molar-refractivity contribution in [2.75, 3.05) is 19.4 Å². The van der Waals surface area contributed by atoms with Gasteiger partial charge in [0.15, 0.2) is 5.65 Å². The van der Waals surface area contributed by atoms with Gasteiger partial charge in [-0.3, -0.25) is 4.79 Å². The van der Waals surface area contributed by atoms with Crippen molar-refractivity contribution in [3.8, 4) is 6.07 Å². The lowest BCUT2D eigenvalue weighted by molar-refractivity contribution is 0.0827. The standard InChI is InChI=1S/C18H19N7O/c1-24(2)18(26)14-6-3-5-13(9-14)10-20-16-15-11-23-25(8-4-7-19)17(15)22-12-21-16/h3,5-6,9,11-12H,4,8,10H2,1-2H3,(H,20,21,22). The van der Waals surface area contributed by atoms with Gasteiger partial charge in [0.25, 0.3) is 5.91 Å². The number of benzene rings is 1. The zero-order valence-electron chi connectivity index (χ0n) is 14.7. The predicted molar refractivity (Wildman–Crippen MR) is 97.3 cm³/mol. The van der Waals surface area contributed by atoms with Crippen LogP contribution < -0.4 is 5.32 Å². The molecule has 0 bridgehead atoms. The molecule has 1 amide bonds. The van der Waals surface area contributed by atoms with Crippen molar-refractivity contribution >= 4 is 22.8 Å². The largest absolute Gasteiger partial charge is 0.365 e. The minimum atomic E-state index is -0.0324. The molecule has 2 heterocycles. The molecule has 0 aliphatic heterocycles. The van der Waals surface area contributed by atoms with E-state index in [9.17, 15) is 4.79 Å². The van der Waals surface area contributed by atoms with E-state index < -0.39 is 0 Å². The summed E-state index contributed by atoms with van der Waals surface area (Å²) in [7, 11) is 3.46. The molecule has 0 radical (unpaired) electrons. The fourth-order valence-corrected chi connectivity index (χ4v) is 2.61. The molecule has 1 N–H and O–H groups in total. The fraction of sp³-hybridized carbons (Fsp3) is 0.278. The molecule has 0 saturated heterocycles. The van der Waals surface area contributed by atoms with Gasteiger partial charge in [0.1, 0.15) is 12.1 Å². The fourth-order valence-electron chi connectivity index (χ4n) is 2.61. The van der Waals surface area contributed by atoms with Crippen LogP contribution in [-0.4, -0.2) is 44.7 Å². The number of aromatic nitrogens is 4. The lowest BCUT2D eigenvalue weighted by Crippen LogP contribution is -2.21. The van der Waals surface area contributed by atoms with Crippen LogP contribution in [0.25, 0.3) is 11.0 Å². The first-order chi connectivity index (χ1) is 12.6. The topological polar surface area (TPSA) is 99.7 Å². The zero-order chi connectivity index (χ0) is 18.5. The Kier molecular flexibility index (Phi) is 5.08. The van der Waals surface area contributed by atoms with Crippen LogP contribution in [0.5, 0.6) is 0 Å². The maximum Gasteiger partial charge on any atom is 0.253 e. The smallest absolute Gasteiger partial charge is 0.253 e. The number of carbonyl (C=O) groups is 1. The SMILES string of the molecule is CN(C)C(=O)c1cccc(CNc2ncnc3c2cnn3CCC#N)c1. The number of hydrogen-bond donors (Lipinski definition) is 1. The van der Waals surface area contributed by atoms with E-state index in [1.54, 1.807) is 35.9 Å². The van der Waals surface area contributed by atoms with E-state index in [0.717, 1.165) is 10.9 Å². The molecule has 26 heavy (non-hydrogen) atoms. The van der Waals surface area contributed by atoms with Crippen molar-refractivity contribution in [2.24, 2.45) is 0 Å². The Hall–Kier alpha value is -3.47. The van der Waals surface area contributed by atoms with Gasteiger partial charge in [-0.15, -0.1) is 0 Å². The summed E-state index contributed by atoms with van der Waals surface area (Å²) in [6.45, 7) is 1.01. The second-order valence-corrected chi connectivity index (χ2v) is 5.99.